The number of ether oxygens (including phenoxy) is 2. The van der Waals surface area contributed by atoms with Gasteiger partial charge < -0.3 is 29.1 Å². The Balaban J connectivity index is 4.75. The van der Waals surface area contributed by atoms with Gasteiger partial charge in [-0.1, -0.05) is 148 Å². The average molecular weight is 887 g/mol. The smallest absolute Gasteiger partial charge is 0.462 e. The van der Waals surface area contributed by atoms with Gasteiger partial charge in [0.2, 0.25) is 0 Å². The van der Waals surface area contributed by atoms with Crippen molar-refractivity contribution >= 4 is 19.8 Å². The highest BCUT2D eigenvalue weighted by atomic mass is 31.2. The largest absolute Gasteiger partial charge is 0.472 e. The zero-order chi connectivity index (χ0) is 46.0. The van der Waals surface area contributed by atoms with E-state index in [4.69, 9.17) is 18.5 Å². The highest BCUT2D eigenvalue weighted by Crippen LogP contribution is 2.43. The maximum Gasteiger partial charge on any atom is 0.472 e. The lowest BCUT2D eigenvalue weighted by Gasteiger charge is -2.24. The molecule has 0 aliphatic rings. The summed E-state index contributed by atoms with van der Waals surface area (Å²) in [5.74, 6) is -1.15. The molecule has 12 heteroatoms. The Morgan fingerprint density at radius 3 is 1.73 bits per heavy atom. The summed E-state index contributed by atoms with van der Waals surface area (Å²) in [6, 6.07) is 0. The topological polar surface area (TPSA) is 149 Å². The second kappa shape index (κ2) is 40.1. The monoisotopic (exact) mass is 887 g/mol. The van der Waals surface area contributed by atoms with Crippen LogP contribution in [0.5, 0.6) is 0 Å². The molecular formula is C50H81NO10P+. The fourth-order valence-corrected chi connectivity index (χ4v) is 5.86. The number of aliphatic hydroxyl groups is 2. The number of aliphatic hydroxyl groups excluding tert-OH is 2. The van der Waals surface area contributed by atoms with Gasteiger partial charge in [-0.15, -0.1) is 0 Å². The predicted molar refractivity (Wildman–Crippen MR) is 254 cm³/mol. The number of phosphoric acid groups is 1. The van der Waals surface area contributed by atoms with Crippen molar-refractivity contribution in [2.75, 3.05) is 47.5 Å². The molecule has 0 spiro atoms. The zero-order valence-electron chi connectivity index (χ0n) is 38.5. The number of rotatable bonds is 38. The van der Waals surface area contributed by atoms with Crippen LogP contribution in [0.4, 0.5) is 0 Å². The first-order valence-electron chi connectivity index (χ1n) is 22.5. The molecule has 0 rings (SSSR count). The summed E-state index contributed by atoms with van der Waals surface area (Å²) >= 11 is 0. The third-order valence-electron chi connectivity index (χ3n) is 8.68. The van der Waals surface area contributed by atoms with Crippen LogP contribution in [-0.2, 0) is 32.7 Å². The number of carbonyl (C=O) groups excluding carboxylic acids is 2. The lowest BCUT2D eigenvalue weighted by Crippen LogP contribution is -2.37. The highest BCUT2D eigenvalue weighted by molar-refractivity contribution is 7.47. The summed E-state index contributed by atoms with van der Waals surface area (Å²) in [5, 5.41) is 20.3. The van der Waals surface area contributed by atoms with E-state index in [1.165, 1.54) is 19.3 Å². The molecular weight excluding hydrogens is 806 g/mol. The van der Waals surface area contributed by atoms with E-state index in [1.54, 1.807) is 36.5 Å². The molecule has 0 saturated carbocycles. The Bertz CT molecular complexity index is 1500. The molecule has 0 bridgehead atoms. The van der Waals surface area contributed by atoms with Crippen LogP contribution in [-0.4, -0.2) is 97.3 Å². The van der Waals surface area contributed by atoms with Gasteiger partial charge >= 0.3 is 19.8 Å². The number of esters is 2. The third kappa shape index (κ3) is 43.0. The number of unbranched alkanes of at least 4 members (excludes halogenated alkanes) is 3. The van der Waals surface area contributed by atoms with Crippen LogP contribution < -0.4 is 0 Å². The first-order chi connectivity index (χ1) is 29.8. The van der Waals surface area contributed by atoms with Crippen molar-refractivity contribution in [2.24, 2.45) is 0 Å². The van der Waals surface area contributed by atoms with Gasteiger partial charge in [-0.2, -0.15) is 0 Å². The van der Waals surface area contributed by atoms with Crippen LogP contribution in [0.1, 0.15) is 117 Å². The summed E-state index contributed by atoms with van der Waals surface area (Å²) in [6.07, 6.45) is 49.0. The lowest BCUT2D eigenvalue weighted by atomic mass is 10.1. The molecule has 350 valence electrons. The quantitative estimate of drug-likeness (QED) is 0.0137. The van der Waals surface area contributed by atoms with Gasteiger partial charge in [0.05, 0.1) is 40.0 Å². The number of phosphoric ester groups is 1. The van der Waals surface area contributed by atoms with Crippen LogP contribution in [0.15, 0.2) is 122 Å². The Labute approximate surface area is 374 Å². The van der Waals surface area contributed by atoms with E-state index in [-0.39, 0.29) is 26.1 Å². The molecule has 0 amide bonds. The normalized spacial score (nSPS) is 15.7. The number of nitrogens with zero attached hydrogens (tertiary/aromatic N) is 1. The minimum atomic E-state index is -4.47. The number of quaternary nitrogens is 1. The SMILES string of the molecule is CC/C=C\C/C=C\C/C=C\C/C=C\C/C=C\C/C=C\CCC(=O)O[C@H](COC(=O)CCC[C@H](O)\C=C/C=C/C=C/[C@H](O)C/C=C\CCCCC)COP(=O)(O)OCC[N+](C)(C)C. The van der Waals surface area contributed by atoms with E-state index in [2.05, 4.69) is 80.7 Å². The Kier molecular flexibility index (Phi) is 37.8. The van der Waals surface area contributed by atoms with Crippen LogP contribution in [0, 0.1) is 0 Å². The Hall–Kier alpha value is -3.67. The molecule has 3 N–H and O–H groups in total. The summed E-state index contributed by atoms with van der Waals surface area (Å²) in [5.41, 5.74) is 0. The summed E-state index contributed by atoms with van der Waals surface area (Å²) in [6.45, 7) is 3.84. The summed E-state index contributed by atoms with van der Waals surface area (Å²) in [7, 11) is 1.27. The first kappa shape index (κ1) is 58.3. The van der Waals surface area contributed by atoms with Crippen LogP contribution >= 0.6 is 7.82 Å². The van der Waals surface area contributed by atoms with Gasteiger partial charge in [-0.3, -0.25) is 18.6 Å². The molecule has 0 fully saturated rings. The van der Waals surface area contributed by atoms with Gasteiger partial charge in [0.1, 0.15) is 19.8 Å². The minimum Gasteiger partial charge on any atom is -0.462 e. The van der Waals surface area contributed by atoms with E-state index < -0.39 is 44.7 Å². The first-order valence-corrected chi connectivity index (χ1v) is 24.0. The number of hydrogen-bond donors (Lipinski definition) is 3. The van der Waals surface area contributed by atoms with Crippen molar-refractivity contribution < 1.29 is 52.3 Å². The van der Waals surface area contributed by atoms with Crippen molar-refractivity contribution in [1.82, 2.24) is 0 Å². The van der Waals surface area contributed by atoms with Gasteiger partial charge in [0, 0.05) is 12.8 Å². The van der Waals surface area contributed by atoms with Crippen molar-refractivity contribution in [3.63, 3.8) is 0 Å². The van der Waals surface area contributed by atoms with Crippen molar-refractivity contribution in [3.8, 4) is 0 Å². The maximum atomic E-state index is 12.7. The molecule has 0 heterocycles. The van der Waals surface area contributed by atoms with E-state index in [0.717, 1.165) is 44.9 Å². The minimum absolute atomic E-state index is 0.00524. The van der Waals surface area contributed by atoms with E-state index >= 15 is 0 Å². The van der Waals surface area contributed by atoms with Gasteiger partial charge in [-0.05, 0) is 77.0 Å². The number of likely N-dealkylation sites (N-methyl/N-ethyl adjacent to an activating group) is 1. The molecule has 1 unspecified atom stereocenters. The molecule has 0 aliphatic carbocycles. The third-order valence-corrected chi connectivity index (χ3v) is 9.66. The van der Waals surface area contributed by atoms with E-state index in [1.807, 2.05) is 39.4 Å². The molecule has 0 aromatic rings. The maximum absolute atomic E-state index is 12.7. The van der Waals surface area contributed by atoms with Gasteiger partial charge in [-0.25, -0.2) is 4.57 Å². The van der Waals surface area contributed by atoms with Crippen molar-refractivity contribution in [3.05, 3.63) is 122 Å². The van der Waals surface area contributed by atoms with E-state index in [0.29, 0.717) is 36.7 Å². The molecule has 4 atom stereocenters. The molecule has 0 radical (unpaired) electrons. The van der Waals surface area contributed by atoms with Crippen LogP contribution in [0.2, 0.25) is 0 Å². The average Bonchev–Trinajstić information content (AvgIpc) is 3.21. The molecule has 11 nitrogen and oxygen atoms in total. The van der Waals surface area contributed by atoms with Gasteiger partial charge in [0.25, 0.3) is 0 Å². The van der Waals surface area contributed by atoms with Crippen LogP contribution in [0.3, 0.4) is 0 Å². The summed E-state index contributed by atoms with van der Waals surface area (Å²) < 4.78 is 34.0. The second-order valence-electron chi connectivity index (χ2n) is 15.7. The van der Waals surface area contributed by atoms with Crippen LogP contribution in [0.25, 0.3) is 0 Å². The number of allylic oxidation sites excluding steroid dienone is 17. The summed E-state index contributed by atoms with van der Waals surface area (Å²) in [4.78, 5) is 35.4. The van der Waals surface area contributed by atoms with E-state index in [9.17, 15) is 29.3 Å². The Morgan fingerprint density at radius 1 is 0.613 bits per heavy atom. The second-order valence-corrected chi connectivity index (χ2v) is 17.2. The Morgan fingerprint density at radius 2 is 1.16 bits per heavy atom. The highest BCUT2D eigenvalue weighted by Gasteiger charge is 2.27. The fourth-order valence-electron chi connectivity index (χ4n) is 5.11. The number of carbonyl (C=O) groups is 2. The molecule has 0 aliphatic heterocycles. The van der Waals surface area contributed by atoms with Crippen molar-refractivity contribution in [1.29, 1.82) is 0 Å². The molecule has 62 heavy (non-hydrogen) atoms. The van der Waals surface area contributed by atoms with Crippen molar-refractivity contribution in [2.45, 2.75) is 135 Å². The molecule has 0 aromatic heterocycles. The fraction of sp³-hybridized carbons (Fsp3) is 0.560. The lowest BCUT2D eigenvalue weighted by molar-refractivity contribution is -0.870. The zero-order valence-corrected chi connectivity index (χ0v) is 39.4. The van der Waals surface area contributed by atoms with Gasteiger partial charge in [0.15, 0.2) is 6.10 Å². The molecule has 0 saturated heterocycles. The predicted octanol–water partition coefficient (Wildman–Crippen LogP) is 10.8. The standard InChI is InChI=1S/C50H80NO10P/c1-6-8-10-12-14-15-16-17-18-19-20-21-22-23-24-25-26-28-34-40-50(55)61-48(45-60-62(56,57)59-43-42-51(3,4)5)44-58-49(54)41-35-39-47(53)38-33-30-29-32-37-46(52)36-31-27-13-11-9-7-2/h8,10,14-15,17-18,20-21,23-24,26-33,37-38,46-48,52-53H,6-7,9,11-13,16,19,22,25,34-36,39-45H2,1-5H3/p+1/b10-8-,15-14-,18-17-,21-20-,24-23-,28-26-,30-29+,31-27-,37-32+,38-33-/t46-,47-,48-/m1/s1. The molecule has 0 aromatic carbocycles. The number of hydrogen-bond acceptors (Lipinski definition) is 9.